The van der Waals surface area contributed by atoms with E-state index >= 15 is 0 Å². The van der Waals surface area contributed by atoms with Crippen LogP contribution in [0.1, 0.15) is 28.4 Å². The fourth-order valence-electron chi connectivity index (χ4n) is 3.18. The van der Waals surface area contributed by atoms with E-state index in [1.165, 1.54) is 18.6 Å². The number of hydrogen-bond donors (Lipinski definition) is 1. The van der Waals surface area contributed by atoms with E-state index in [9.17, 15) is 9.18 Å². The van der Waals surface area contributed by atoms with Crippen LogP contribution in [-0.2, 0) is 0 Å². The average molecular weight is 337 g/mol. The highest BCUT2D eigenvalue weighted by atomic mass is 35.5. The first-order chi connectivity index (χ1) is 11.1. The lowest BCUT2D eigenvalue weighted by Gasteiger charge is -2.26. The van der Waals surface area contributed by atoms with Crippen molar-refractivity contribution in [3.05, 3.63) is 58.8 Å². The molecular formula is C17H18ClFN2O2. The minimum absolute atomic E-state index is 0.0615. The number of amides is 1. The Kier molecular flexibility index (Phi) is 4.68. The van der Waals surface area contributed by atoms with E-state index in [2.05, 4.69) is 10.2 Å². The first-order valence-electron chi connectivity index (χ1n) is 7.52. The maximum Gasteiger partial charge on any atom is 0.254 e. The number of nitrogens with one attached hydrogen (secondary N) is 1. The molecule has 1 aromatic carbocycles. The molecule has 1 fully saturated rings. The van der Waals surface area contributed by atoms with Gasteiger partial charge < -0.3 is 9.73 Å². The van der Waals surface area contributed by atoms with Gasteiger partial charge >= 0.3 is 0 Å². The lowest BCUT2D eigenvalue weighted by atomic mass is 9.93. The number of nitrogens with zero attached hydrogens (tertiary/aromatic N) is 1. The maximum absolute atomic E-state index is 13.8. The molecule has 6 heteroatoms. The van der Waals surface area contributed by atoms with Crippen LogP contribution in [0.5, 0.6) is 0 Å². The molecule has 4 nitrogen and oxygen atoms in total. The van der Waals surface area contributed by atoms with Gasteiger partial charge in [-0.15, -0.1) is 0 Å². The summed E-state index contributed by atoms with van der Waals surface area (Å²) in [6.07, 6.45) is 3.83. The smallest absolute Gasteiger partial charge is 0.254 e. The van der Waals surface area contributed by atoms with E-state index in [1.807, 2.05) is 13.1 Å². The van der Waals surface area contributed by atoms with Gasteiger partial charge in [0.1, 0.15) is 12.1 Å². The van der Waals surface area contributed by atoms with Crippen LogP contribution in [0.4, 0.5) is 4.39 Å². The SMILES string of the molecule is CN1CCC(CNC(=O)c2ccoc2)C1c1ccc(Cl)c(F)c1. The molecule has 0 spiro atoms. The lowest BCUT2D eigenvalue weighted by Crippen LogP contribution is -2.32. The van der Waals surface area contributed by atoms with Crippen LogP contribution in [0, 0.1) is 11.7 Å². The molecule has 3 rings (SSSR count). The highest BCUT2D eigenvalue weighted by Crippen LogP contribution is 2.36. The van der Waals surface area contributed by atoms with E-state index < -0.39 is 5.82 Å². The van der Waals surface area contributed by atoms with Gasteiger partial charge in [-0.05, 0) is 49.7 Å². The predicted octanol–water partition coefficient (Wildman–Crippen LogP) is 3.49. The topological polar surface area (TPSA) is 45.5 Å². The van der Waals surface area contributed by atoms with Gasteiger partial charge in [0.2, 0.25) is 0 Å². The van der Waals surface area contributed by atoms with Crippen molar-refractivity contribution >= 4 is 17.5 Å². The number of halogens is 2. The Morgan fingerprint density at radius 3 is 3.00 bits per heavy atom. The van der Waals surface area contributed by atoms with Crippen LogP contribution < -0.4 is 5.32 Å². The number of carbonyl (C=O) groups is 1. The Labute approximate surface area is 139 Å². The van der Waals surface area contributed by atoms with Crippen molar-refractivity contribution in [2.45, 2.75) is 12.5 Å². The normalized spacial score (nSPS) is 21.5. The van der Waals surface area contributed by atoms with Crippen molar-refractivity contribution in [3.8, 4) is 0 Å². The van der Waals surface area contributed by atoms with E-state index in [0.717, 1.165) is 18.5 Å². The molecule has 2 atom stereocenters. The molecule has 2 heterocycles. The Hall–Kier alpha value is -1.85. The summed E-state index contributed by atoms with van der Waals surface area (Å²) in [5.74, 6) is -0.351. The van der Waals surface area contributed by atoms with Crippen LogP contribution >= 0.6 is 11.6 Å². The first-order valence-corrected chi connectivity index (χ1v) is 7.89. The van der Waals surface area contributed by atoms with Gasteiger partial charge in [-0.1, -0.05) is 17.7 Å². The number of benzene rings is 1. The molecular weight excluding hydrogens is 319 g/mol. The summed E-state index contributed by atoms with van der Waals surface area (Å²) < 4.78 is 18.7. The highest BCUT2D eigenvalue weighted by molar-refractivity contribution is 6.30. The Morgan fingerprint density at radius 2 is 2.30 bits per heavy atom. The van der Waals surface area contributed by atoms with Crippen molar-refractivity contribution in [1.29, 1.82) is 0 Å². The van der Waals surface area contributed by atoms with Gasteiger partial charge in [0.15, 0.2) is 0 Å². The van der Waals surface area contributed by atoms with Crippen LogP contribution in [0.2, 0.25) is 5.02 Å². The van der Waals surface area contributed by atoms with Crippen molar-refractivity contribution < 1.29 is 13.6 Å². The maximum atomic E-state index is 13.8. The van der Waals surface area contributed by atoms with Crippen molar-refractivity contribution in [2.24, 2.45) is 5.92 Å². The first kappa shape index (κ1) is 16.0. The molecule has 0 saturated carbocycles. The average Bonchev–Trinajstić information content (AvgIpc) is 3.18. The summed E-state index contributed by atoms with van der Waals surface area (Å²) >= 11 is 5.77. The zero-order chi connectivity index (χ0) is 16.4. The van der Waals surface area contributed by atoms with Crippen LogP contribution in [-0.4, -0.2) is 30.9 Å². The summed E-state index contributed by atoms with van der Waals surface area (Å²) in [6.45, 7) is 1.43. The Bertz CT molecular complexity index is 690. The molecule has 0 aliphatic carbocycles. The Morgan fingerprint density at radius 1 is 1.48 bits per heavy atom. The fraction of sp³-hybridized carbons (Fsp3) is 0.353. The fourth-order valence-corrected chi connectivity index (χ4v) is 3.30. The summed E-state index contributed by atoms with van der Waals surface area (Å²) in [7, 11) is 2.01. The largest absolute Gasteiger partial charge is 0.472 e. The second-order valence-corrected chi connectivity index (χ2v) is 6.28. The highest BCUT2D eigenvalue weighted by Gasteiger charge is 2.33. The predicted molar refractivity (Wildman–Crippen MR) is 85.9 cm³/mol. The summed E-state index contributed by atoms with van der Waals surface area (Å²) in [5, 5.41) is 3.05. The zero-order valence-electron chi connectivity index (χ0n) is 12.8. The van der Waals surface area contributed by atoms with E-state index in [0.29, 0.717) is 12.1 Å². The van der Waals surface area contributed by atoms with Crippen LogP contribution in [0.3, 0.4) is 0 Å². The van der Waals surface area contributed by atoms with E-state index in [1.54, 1.807) is 12.1 Å². The van der Waals surface area contributed by atoms with E-state index in [-0.39, 0.29) is 22.9 Å². The minimum atomic E-state index is -0.411. The molecule has 2 unspecified atom stereocenters. The van der Waals surface area contributed by atoms with Gasteiger partial charge in [0, 0.05) is 12.6 Å². The van der Waals surface area contributed by atoms with Crippen molar-refractivity contribution in [1.82, 2.24) is 10.2 Å². The molecule has 0 bridgehead atoms. The standard InChI is InChI=1S/C17H18ClFN2O2/c1-21-6-4-12(9-20-17(22)13-5-7-23-10-13)16(21)11-2-3-14(18)15(19)8-11/h2-3,5,7-8,10,12,16H,4,6,9H2,1H3,(H,20,22). The van der Waals surface area contributed by atoms with Gasteiger partial charge in [0.05, 0.1) is 16.8 Å². The molecule has 2 aromatic rings. The summed E-state index contributed by atoms with van der Waals surface area (Å²) in [4.78, 5) is 14.2. The molecule has 1 aliphatic heterocycles. The molecule has 1 saturated heterocycles. The minimum Gasteiger partial charge on any atom is -0.472 e. The third-order valence-corrected chi connectivity index (χ3v) is 4.67. The molecule has 0 radical (unpaired) electrons. The number of likely N-dealkylation sites (tertiary alicyclic amines) is 1. The lowest BCUT2D eigenvalue weighted by molar-refractivity contribution is 0.0943. The monoisotopic (exact) mass is 336 g/mol. The van der Waals surface area contributed by atoms with Crippen LogP contribution in [0.15, 0.2) is 41.2 Å². The molecule has 1 aliphatic rings. The Balaban J connectivity index is 1.71. The third-order valence-electron chi connectivity index (χ3n) is 4.37. The molecule has 23 heavy (non-hydrogen) atoms. The second kappa shape index (κ2) is 6.72. The number of furan rings is 1. The van der Waals surface area contributed by atoms with E-state index in [4.69, 9.17) is 16.0 Å². The van der Waals surface area contributed by atoms with Crippen molar-refractivity contribution in [3.63, 3.8) is 0 Å². The van der Waals surface area contributed by atoms with Gasteiger partial charge in [-0.3, -0.25) is 9.69 Å². The quantitative estimate of drug-likeness (QED) is 0.929. The molecule has 1 aromatic heterocycles. The molecule has 122 valence electrons. The number of hydrogen-bond acceptors (Lipinski definition) is 3. The zero-order valence-corrected chi connectivity index (χ0v) is 13.5. The van der Waals surface area contributed by atoms with Gasteiger partial charge in [-0.25, -0.2) is 4.39 Å². The van der Waals surface area contributed by atoms with Crippen LogP contribution in [0.25, 0.3) is 0 Å². The second-order valence-electron chi connectivity index (χ2n) is 5.87. The molecule has 1 amide bonds. The summed E-state index contributed by atoms with van der Waals surface area (Å²) in [6, 6.07) is 6.61. The molecule has 1 N–H and O–H groups in total. The number of carbonyl (C=O) groups excluding carboxylic acids is 1. The third kappa shape index (κ3) is 3.41. The number of rotatable bonds is 4. The van der Waals surface area contributed by atoms with Gasteiger partial charge in [0.25, 0.3) is 5.91 Å². The summed E-state index contributed by atoms with van der Waals surface area (Å²) in [5.41, 5.74) is 1.39. The van der Waals surface area contributed by atoms with Crippen molar-refractivity contribution in [2.75, 3.05) is 20.1 Å². The van der Waals surface area contributed by atoms with Gasteiger partial charge in [-0.2, -0.15) is 0 Å².